The van der Waals surface area contributed by atoms with Crippen LogP contribution in [0.15, 0.2) is 29.2 Å². The van der Waals surface area contributed by atoms with Crippen molar-refractivity contribution in [2.75, 3.05) is 5.75 Å². The summed E-state index contributed by atoms with van der Waals surface area (Å²) in [6.45, 7) is 2.28. The van der Waals surface area contributed by atoms with Crippen LogP contribution in [0.2, 0.25) is 0 Å². The molecule has 4 heteroatoms. The summed E-state index contributed by atoms with van der Waals surface area (Å²) in [6.07, 6.45) is 6.47. The van der Waals surface area contributed by atoms with Crippen molar-refractivity contribution in [2.24, 2.45) is 17.7 Å². The predicted molar refractivity (Wildman–Crippen MR) is 84.0 cm³/mol. The van der Waals surface area contributed by atoms with Gasteiger partial charge >= 0.3 is 0 Å². The summed E-state index contributed by atoms with van der Waals surface area (Å²) in [7, 11) is 0. The van der Waals surface area contributed by atoms with Crippen LogP contribution >= 0.6 is 11.8 Å². The highest BCUT2D eigenvalue weighted by Crippen LogP contribution is 2.34. The summed E-state index contributed by atoms with van der Waals surface area (Å²) in [4.78, 5) is 0.980. The van der Waals surface area contributed by atoms with Crippen LogP contribution in [0.4, 0.5) is 4.39 Å². The highest BCUT2D eigenvalue weighted by atomic mass is 32.2. The first-order chi connectivity index (χ1) is 9.72. The highest BCUT2D eigenvalue weighted by Gasteiger charge is 2.27. The summed E-state index contributed by atoms with van der Waals surface area (Å²) in [5.74, 6) is 7.98. The fourth-order valence-electron chi connectivity index (χ4n) is 3.13. The number of thioether (sulfide) groups is 1. The SMILES string of the molecule is CCC1CCCC(C(CSc2cccc(F)c2)NN)C1. The van der Waals surface area contributed by atoms with E-state index >= 15 is 0 Å². The Morgan fingerprint density at radius 3 is 3.00 bits per heavy atom. The first kappa shape index (κ1) is 15.8. The van der Waals surface area contributed by atoms with Crippen molar-refractivity contribution in [1.29, 1.82) is 0 Å². The summed E-state index contributed by atoms with van der Waals surface area (Å²) in [5, 5.41) is 0. The van der Waals surface area contributed by atoms with Gasteiger partial charge in [-0.25, -0.2) is 4.39 Å². The quantitative estimate of drug-likeness (QED) is 0.474. The Bertz CT molecular complexity index is 413. The average molecular weight is 296 g/mol. The van der Waals surface area contributed by atoms with Gasteiger partial charge in [0.05, 0.1) is 0 Å². The molecule has 1 fully saturated rings. The molecule has 2 nitrogen and oxygen atoms in total. The van der Waals surface area contributed by atoms with Gasteiger partial charge in [0.2, 0.25) is 0 Å². The largest absolute Gasteiger partial charge is 0.271 e. The molecule has 112 valence electrons. The van der Waals surface area contributed by atoms with Gasteiger partial charge in [0.25, 0.3) is 0 Å². The Labute approximate surface area is 125 Å². The topological polar surface area (TPSA) is 38.0 Å². The van der Waals surface area contributed by atoms with Crippen molar-refractivity contribution in [2.45, 2.75) is 50.0 Å². The van der Waals surface area contributed by atoms with Gasteiger partial charge in [0.1, 0.15) is 5.82 Å². The fraction of sp³-hybridized carbons (Fsp3) is 0.625. The van der Waals surface area contributed by atoms with E-state index in [1.165, 1.54) is 38.2 Å². The number of halogens is 1. The maximum absolute atomic E-state index is 13.2. The average Bonchev–Trinajstić information content (AvgIpc) is 2.48. The van der Waals surface area contributed by atoms with Gasteiger partial charge < -0.3 is 0 Å². The van der Waals surface area contributed by atoms with Crippen molar-refractivity contribution < 1.29 is 4.39 Å². The molecule has 1 aromatic rings. The number of rotatable bonds is 6. The Kier molecular flexibility index (Phi) is 6.33. The third-order valence-electron chi connectivity index (χ3n) is 4.41. The van der Waals surface area contributed by atoms with Gasteiger partial charge in [-0.15, -0.1) is 11.8 Å². The predicted octanol–water partition coefficient (Wildman–Crippen LogP) is 3.97. The van der Waals surface area contributed by atoms with Crippen LogP contribution in [-0.2, 0) is 0 Å². The molecule has 0 aromatic heterocycles. The Balaban J connectivity index is 1.88. The van der Waals surface area contributed by atoms with Crippen molar-refractivity contribution in [3.05, 3.63) is 30.1 Å². The maximum atomic E-state index is 13.2. The van der Waals surface area contributed by atoms with E-state index in [-0.39, 0.29) is 5.82 Å². The van der Waals surface area contributed by atoms with E-state index < -0.39 is 0 Å². The minimum atomic E-state index is -0.170. The normalized spacial score (nSPS) is 24.6. The van der Waals surface area contributed by atoms with Crippen LogP contribution in [0.25, 0.3) is 0 Å². The first-order valence-corrected chi connectivity index (χ1v) is 8.56. The number of nitrogens with one attached hydrogen (secondary N) is 1. The van der Waals surface area contributed by atoms with Gasteiger partial charge in [0.15, 0.2) is 0 Å². The molecule has 0 amide bonds. The number of benzene rings is 1. The van der Waals surface area contributed by atoms with E-state index in [1.54, 1.807) is 23.9 Å². The molecule has 1 saturated carbocycles. The van der Waals surface area contributed by atoms with Gasteiger partial charge in [-0.1, -0.05) is 32.3 Å². The van der Waals surface area contributed by atoms with Crippen LogP contribution in [0.5, 0.6) is 0 Å². The van der Waals surface area contributed by atoms with Gasteiger partial charge in [0, 0.05) is 16.7 Å². The molecule has 0 bridgehead atoms. The molecule has 0 heterocycles. The summed E-state index contributed by atoms with van der Waals surface area (Å²) in [5.41, 5.74) is 2.99. The van der Waals surface area contributed by atoms with Crippen molar-refractivity contribution >= 4 is 11.8 Å². The van der Waals surface area contributed by atoms with E-state index in [4.69, 9.17) is 5.84 Å². The van der Waals surface area contributed by atoms with E-state index in [1.807, 2.05) is 6.07 Å². The lowest BCUT2D eigenvalue weighted by Gasteiger charge is -2.33. The lowest BCUT2D eigenvalue weighted by Crippen LogP contribution is -2.44. The van der Waals surface area contributed by atoms with E-state index in [2.05, 4.69) is 12.3 Å². The molecule has 0 radical (unpaired) electrons. The third kappa shape index (κ3) is 4.47. The smallest absolute Gasteiger partial charge is 0.124 e. The van der Waals surface area contributed by atoms with Crippen LogP contribution in [-0.4, -0.2) is 11.8 Å². The fourth-order valence-corrected chi connectivity index (χ4v) is 4.24. The molecule has 1 aliphatic rings. The second kappa shape index (κ2) is 8.01. The minimum Gasteiger partial charge on any atom is -0.271 e. The zero-order valence-electron chi connectivity index (χ0n) is 12.1. The van der Waals surface area contributed by atoms with Crippen LogP contribution in [0.1, 0.15) is 39.0 Å². The van der Waals surface area contributed by atoms with Crippen molar-refractivity contribution in [1.82, 2.24) is 5.43 Å². The van der Waals surface area contributed by atoms with Crippen LogP contribution in [0, 0.1) is 17.7 Å². The zero-order chi connectivity index (χ0) is 14.4. The molecule has 3 unspecified atom stereocenters. The van der Waals surface area contributed by atoms with E-state index in [0.717, 1.165) is 16.6 Å². The summed E-state index contributed by atoms with van der Waals surface area (Å²) < 4.78 is 13.2. The molecule has 0 spiro atoms. The molecule has 0 saturated heterocycles. The van der Waals surface area contributed by atoms with Crippen LogP contribution < -0.4 is 11.3 Å². The molecule has 1 aromatic carbocycles. The van der Waals surface area contributed by atoms with Crippen molar-refractivity contribution in [3.63, 3.8) is 0 Å². The lowest BCUT2D eigenvalue weighted by molar-refractivity contribution is 0.219. The molecular weight excluding hydrogens is 271 g/mol. The van der Waals surface area contributed by atoms with Gasteiger partial charge in [-0.3, -0.25) is 11.3 Å². The summed E-state index contributed by atoms with van der Waals surface area (Å²) in [6, 6.07) is 7.11. The van der Waals surface area contributed by atoms with Crippen molar-refractivity contribution in [3.8, 4) is 0 Å². The Morgan fingerprint density at radius 2 is 2.30 bits per heavy atom. The van der Waals surface area contributed by atoms with E-state index in [0.29, 0.717) is 12.0 Å². The van der Waals surface area contributed by atoms with Gasteiger partial charge in [-0.05, 0) is 42.9 Å². The third-order valence-corrected chi connectivity index (χ3v) is 5.52. The minimum absolute atomic E-state index is 0.170. The number of hydrogen-bond acceptors (Lipinski definition) is 3. The molecule has 3 N–H and O–H groups in total. The second-order valence-electron chi connectivity index (χ2n) is 5.74. The molecule has 3 atom stereocenters. The monoisotopic (exact) mass is 296 g/mol. The second-order valence-corrected chi connectivity index (χ2v) is 6.84. The number of hydrazine groups is 1. The first-order valence-electron chi connectivity index (χ1n) is 7.57. The number of nitrogens with two attached hydrogens (primary N) is 1. The highest BCUT2D eigenvalue weighted by molar-refractivity contribution is 7.99. The Morgan fingerprint density at radius 1 is 1.45 bits per heavy atom. The zero-order valence-corrected chi connectivity index (χ0v) is 13.0. The number of hydrogen-bond donors (Lipinski definition) is 2. The van der Waals surface area contributed by atoms with Gasteiger partial charge in [-0.2, -0.15) is 0 Å². The maximum Gasteiger partial charge on any atom is 0.124 e. The molecule has 20 heavy (non-hydrogen) atoms. The van der Waals surface area contributed by atoms with E-state index in [9.17, 15) is 4.39 Å². The standard InChI is InChI=1S/C16H25FN2S/c1-2-12-5-3-6-13(9-12)16(19-18)11-20-15-8-4-7-14(17)10-15/h4,7-8,10,12-13,16,19H,2-3,5-6,9,11,18H2,1H3. The van der Waals surface area contributed by atoms with Crippen LogP contribution in [0.3, 0.4) is 0 Å². The molecule has 0 aliphatic heterocycles. The lowest BCUT2D eigenvalue weighted by atomic mass is 9.77. The summed E-state index contributed by atoms with van der Waals surface area (Å²) >= 11 is 1.69. The Hall–Kier alpha value is -0.580. The molecule has 2 rings (SSSR count). The molecular formula is C16H25FN2S. The molecule has 1 aliphatic carbocycles.